The van der Waals surface area contributed by atoms with Gasteiger partial charge in [0.1, 0.15) is 12.1 Å². The van der Waals surface area contributed by atoms with Crippen LogP contribution in [-0.4, -0.2) is 58.9 Å². The molecule has 0 aromatic rings. The SMILES string of the molecule is C[C@H](N)C(=O)N(C)[C@H](C)C(=O)N[C@@H](CC(N)=O)C(=O)O. The van der Waals surface area contributed by atoms with Crippen LogP contribution in [0.15, 0.2) is 0 Å². The van der Waals surface area contributed by atoms with E-state index in [0.717, 1.165) is 4.90 Å². The molecule has 0 aromatic heterocycles. The van der Waals surface area contributed by atoms with Gasteiger partial charge in [-0.05, 0) is 13.8 Å². The second-order valence-corrected chi connectivity index (χ2v) is 4.48. The summed E-state index contributed by atoms with van der Waals surface area (Å²) in [6.07, 6.45) is -0.529. The molecule has 0 aliphatic carbocycles. The maximum absolute atomic E-state index is 11.8. The summed E-state index contributed by atoms with van der Waals surface area (Å²) in [6.45, 7) is 2.88. The van der Waals surface area contributed by atoms with Gasteiger partial charge >= 0.3 is 5.97 Å². The molecule has 0 heterocycles. The van der Waals surface area contributed by atoms with Crippen LogP contribution in [0.5, 0.6) is 0 Å². The number of carboxylic acids is 1. The standard InChI is InChI=1S/C11H20N4O5/c1-5(12)10(18)15(3)6(2)9(17)14-7(11(19)20)4-8(13)16/h5-7H,4,12H2,1-3H3,(H2,13,16)(H,14,17)(H,19,20)/t5-,6+,7-/m0/s1. The fourth-order valence-corrected chi connectivity index (χ4v) is 1.38. The van der Waals surface area contributed by atoms with E-state index in [9.17, 15) is 19.2 Å². The summed E-state index contributed by atoms with van der Waals surface area (Å²) in [5, 5.41) is 11.0. The fraction of sp³-hybridized carbons (Fsp3) is 0.636. The highest BCUT2D eigenvalue weighted by atomic mass is 16.4. The molecular weight excluding hydrogens is 268 g/mol. The predicted octanol–water partition coefficient (Wildman–Crippen LogP) is -2.37. The third-order valence-corrected chi connectivity index (χ3v) is 2.72. The molecule has 9 nitrogen and oxygen atoms in total. The predicted molar refractivity (Wildman–Crippen MR) is 69.3 cm³/mol. The van der Waals surface area contributed by atoms with E-state index >= 15 is 0 Å². The number of carboxylic acid groups (broad SMARTS) is 1. The molecule has 3 atom stereocenters. The van der Waals surface area contributed by atoms with E-state index in [1.807, 2.05) is 0 Å². The van der Waals surface area contributed by atoms with Crippen molar-refractivity contribution < 1.29 is 24.3 Å². The molecule has 6 N–H and O–H groups in total. The van der Waals surface area contributed by atoms with Crippen LogP contribution in [0.1, 0.15) is 20.3 Å². The molecule has 0 spiro atoms. The summed E-state index contributed by atoms with van der Waals surface area (Å²) in [5.74, 6) is -3.42. The first-order valence-corrected chi connectivity index (χ1v) is 5.91. The Morgan fingerprint density at radius 3 is 2.10 bits per heavy atom. The van der Waals surface area contributed by atoms with Crippen LogP contribution in [0.4, 0.5) is 0 Å². The first-order valence-electron chi connectivity index (χ1n) is 5.91. The van der Waals surface area contributed by atoms with Crippen molar-refractivity contribution in [2.75, 3.05) is 7.05 Å². The number of amides is 3. The molecule has 0 saturated carbocycles. The number of nitrogens with one attached hydrogen (secondary N) is 1. The van der Waals surface area contributed by atoms with Crippen molar-refractivity contribution in [3.05, 3.63) is 0 Å². The minimum Gasteiger partial charge on any atom is -0.480 e. The van der Waals surface area contributed by atoms with Gasteiger partial charge in [0.05, 0.1) is 12.5 Å². The smallest absolute Gasteiger partial charge is 0.326 e. The maximum Gasteiger partial charge on any atom is 0.326 e. The number of carbonyl (C=O) groups is 4. The van der Waals surface area contributed by atoms with E-state index in [2.05, 4.69) is 5.32 Å². The van der Waals surface area contributed by atoms with Crippen molar-refractivity contribution in [3.63, 3.8) is 0 Å². The molecule has 0 aliphatic heterocycles. The van der Waals surface area contributed by atoms with E-state index in [1.165, 1.54) is 20.9 Å². The molecule has 3 amide bonds. The van der Waals surface area contributed by atoms with Crippen LogP contribution in [-0.2, 0) is 19.2 Å². The van der Waals surface area contributed by atoms with Crippen LogP contribution in [0.2, 0.25) is 0 Å². The van der Waals surface area contributed by atoms with Gasteiger partial charge < -0.3 is 26.8 Å². The maximum atomic E-state index is 11.8. The Balaban J connectivity index is 4.76. The highest BCUT2D eigenvalue weighted by Crippen LogP contribution is 2.01. The Bertz CT molecular complexity index is 410. The topological polar surface area (TPSA) is 156 Å². The highest BCUT2D eigenvalue weighted by molar-refractivity contribution is 5.92. The first kappa shape index (κ1) is 17.8. The Kier molecular flexibility index (Phi) is 6.63. The molecule has 20 heavy (non-hydrogen) atoms. The summed E-state index contributed by atoms with van der Waals surface area (Å²) in [4.78, 5) is 46.2. The fourth-order valence-electron chi connectivity index (χ4n) is 1.38. The molecule has 0 fully saturated rings. The molecule has 0 unspecified atom stereocenters. The van der Waals surface area contributed by atoms with Gasteiger partial charge in [0, 0.05) is 7.05 Å². The molecule has 0 radical (unpaired) electrons. The zero-order valence-electron chi connectivity index (χ0n) is 11.6. The third kappa shape index (κ3) is 5.22. The lowest BCUT2D eigenvalue weighted by Crippen LogP contribution is -2.53. The zero-order valence-corrected chi connectivity index (χ0v) is 11.6. The van der Waals surface area contributed by atoms with Gasteiger partial charge in [-0.15, -0.1) is 0 Å². The zero-order chi connectivity index (χ0) is 16.0. The summed E-state index contributed by atoms with van der Waals surface area (Å²) >= 11 is 0. The van der Waals surface area contributed by atoms with Crippen molar-refractivity contribution in [1.82, 2.24) is 10.2 Å². The van der Waals surface area contributed by atoms with Crippen LogP contribution in [0.25, 0.3) is 0 Å². The van der Waals surface area contributed by atoms with E-state index in [-0.39, 0.29) is 0 Å². The van der Waals surface area contributed by atoms with Crippen molar-refractivity contribution in [3.8, 4) is 0 Å². The number of nitrogens with zero attached hydrogens (tertiary/aromatic N) is 1. The molecule has 0 saturated heterocycles. The Morgan fingerprint density at radius 2 is 1.75 bits per heavy atom. The van der Waals surface area contributed by atoms with Crippen LogP contribution >= 0.6 is 0 Å². The lowest BCUT2D eigenvalue weighted by atomic mass is 10.1. The number of hydrogen-bond donors (Lipinski definition) is 4. The Morgan fingerprint density at radius 1 is 1.25 bits per heavy atom. The van der Waals surface area contributed by atoms with Gasteiger partial charge in [-0.3, -0.25) is 14.4 Å². The van der Waals surface area contributed by atoms with Gasteiger partial charge in [-0.2, -0.15) is 0 Å². The van der Waals surface area contributed by atoms with Crippen molar-refractivity contribution in [1.29, 1.82) is 0 Å². The van der Waals surface area contributed by atoms with Gasteiger partial charge in [0.2, 0.25) is 17.7 Å². The quantitative estimate of drug-likeness (QED) is 0.410. The van der Waals surface area contributed by atoms with Crippen LogP contribution in [0.3, 0.4) is 0 Å². The Labute approximate surface area is 116 Å². The van der Waals surface area contributed by atoms with Crippen molar-refractivity contribution >= 4 is 23.7 Å². The molecule has 9 heteroatoms. The summed E-state index contributed by atoms with van der Waals surface area (Å²) in [6, 6.07) is -3.14. The average Bonchev–Trinajstić information content (AvgIpc) is 2.34. The minimum absolute atomic E-state index is 0.463. The largest absolute Gasteiger partial charge is 0.480 e. The third-order valence-electron chi connectivity index (χ3n) is 2.72. The summed E-state index contributed by atoms with van der Waals surface area (Å²) in [7, 11) is 1.37. The number of hydrogen-bond acceptors (Lipinski definition) is 5. The molecule has 0 bridgehead atoms. The number of nitrogens with two attached hydrogens (primary N) is 2. The molecule has 0 aliphatic rings. The number of rotatable bonds is 7. The number of likely N-dealkylation sites (N-methyl/N-ethyl adjacent to an activating group) is 1. The lowest BCUT2D eigenvalue weighted by Gasteiger charge is -2.26. The van der Waals surface area contributed by atoms with Gasteiger partial charge in [0.15, 0.2) is 0 Å². The number of primary amides is 1. The van der Waals surface area contributed by atoms with Gasteiger partial charge in [0.25, 0.3) is 0 Å². The Hall–Kier alpha value is -2.16. The summed E-state index contributed by atoms with van der Waals surface area (Å²) in [5.41, 5.74) is 10.3. The number of carbonyl (C=O) groups excluding carboxylic acids is 3. The molecule has 114 valence electrons. The average molecular weight is 288 g/mol. The highest BCUT2D eigenvalue weighted by Gasteiger charge is 2.28. The second-order valence-electron chi connectivity index (χ2n) is 4.48. The summed E-state index contributed by atoms with van der Waals surface area (Å²) < 4.78 is 0. The van der Waals surface area contributed by atoms with Crippen molar-refractivity contribution in [2.24, 2.45) is 11.5 Å². The normalized spacial score (nSPS) is 14.8. The van der Waals surface area contributed by atoms with Gasteiger partial charge in [-0.25, -0.2) is 4.79 Å². The minimum atomic E-state index is -1.43. The lowest BCUT2D eigenvalue weighted by molar-refractivity contribution is -0.145. The van der Waals surface area contributed by atoms with Crippen LogP contribution in [0, 0.1) is 0 Å². The molecule has 0 rings (SSSR count). The van der Waals surface area contributed by atoms with E-state index in [4.69, 9.17) is 16.6 Å². The van der Waals surface area contributed by atoms with E-state index in [0.29, 0.717) is 0 Å². The monoisotopic (exact) mass is 288 g/mol. The van der Waals surface area contributed by atoms with Crippen LogP contribution < -0.4 is 16.8 Å². The molecular formula is C11H20N4O5. The van der Waals surface area contributed by atoms with E-state index in [1.54, 1.807) is 0 Å². The van der Waals surface area contributed by atoms with E-state index < -0.39 is 48.2 Å². The number of aliphatic carboxylic acids is 1. The second kappa shape index (κ2) is 7.43. The van der Waals surface area contributed by atoms with Gasteiger partial charge in [-0.1, -0.05) is 0 Å². The first-order chi connectivity index (χ1) is 9.07. The van der Waals surface area contributed by atoms with Crippen molar-refractivity contribution in [2.45, 2.75) is 38.4 Å². The molecule has 0 aromatic carbocycles.